The van der Waals surface area contributed by atoms with Crippen LogP contribution < -0.4 is 5.56 Å². The first-order valence-corrected chi connectivity index (χ1v) is 11.1. The maximum Gasteiger partial charge on any atom is 0.303 e. The molecule has 13 heteroatoms. The summed E-state index contributed by atoms with van der Waals surface area (Å²) in [6.45, 7) is 5.79. The van der Waals surface area contributed by atoms with E-state index in [1.165, 1.54) is 13.0 Å². The number of aryl methyl sites for hydroxylation is 1. The first-order valence-electron chi connectivity index (χ1n) is 9.89. The van der Waals surface area contributed by atoms with E-state index >= 15 is 0 Å². The highest BCUT2D eigenvalue weighted by Gasteiger charge is 2.53. The minimum atomic E-state index is -1.39. The summed E-state index contributed by atoms with van der Waals surface area (Å²) in [5.41, 5.74) is -0.0704. The van der Waals surface area contributed by atoms with Crippen LogP contribution in [-0.4, -0.2) is 70.7 Å². The highest BCUT2D eigenvalue weighted by Crippen LogP contribution is 2.35. The van der Waals surface area contributed by atoms with E-state index in [9.17, 15) is 24.0 Å². The van der Waals surface area contributed by atoms with E-state index in [0.717, 1.165) is 37.1 Å². The quantitative estimate of drug-likeness (QED) is 0.229. The van der Waals surface area contributed by atoms with E-state index in [2.05, 4.69) is 4.98 Å². The molecular weight excluding hydrogens is 460 g/mol. The van der Waals surface area contributed by atoms with Crippen molar-refractivity contribution in [2.45, 2.75) is 70.4 Å². The van der Waals surface area contributed by atoms with Crippen LogP contribution in [0.5, 0.6) is 0 Å². The summed E-state index contributed by atoms with van der Waals surface area (Å²) >= 11 is 1.14. The van der Waals surface area contributed by atoms with E-state index in [1.54, 1.807) is 13.2 Å². The molecule has 0 N–H and O–H groups in total. The van der Waals surface area contributed by atoms with Crippen molar-refractivity contribution in [3.63, 3.8) is 0 Å². The van der Waals surface area contributed by atoms with Crippen molar-refractivity contribution < 1.29 is 42.9 Å². The lowest BCUT2D eigenvalue weighted by Gasteiger charge is -2.44. The largest absolute Gasteiger partial charge is 0.463 e. The van der Waals surface area contributed by atoms with Crippen LogP contribution in [0.25, 0.3) is 0 Å². The second-order valence-electron chi connectivity index (χ2n) is 7.18. The van der Waals surface area contributed by atoms with Gasteiger partial charge in [0.25, 0.3) is 5.56 Å². The fourth-order valence-corrected chi connectivity index (χ4v) is 4.00. The monoisotopic (exact) mass is 486 g/mol. The zero-order valence-corrected chi connectivity index (χ0v) is 19.9. The Morgan fingerprint density at radius 1 is 0.970 bits per heavy atom. The van der Waals surface area contributed by atoms with Crippen molar-refractivity contribution in [2.24, 2.45) is 0 Å². The maximum absolute atomic E-state index is 12.9. The summed E-state index contributed by atoms with van der Waals surface area (Å²) in [5, 5.41) is 0.237. The standard InChI is InChI=1S/C20H26N2O10S/c1-9-7-15(27)22(20(21-9)33-6)19-18(31-13(5)26)17(30-12(4)25)16(29-11(3)24)14(32-19)8-28-10(2)23/h7,14,16-19H,8H2,1-6H3/t14-,16+,17+,18-,19-/m1/s1. The number of carbonyl (C=O) groups is 4. The van der Waals surface area contributed by atoms with E-state index in [4.69, 9.17) is 23.7 Å². The Kier molecular flexibility index (Phi) is 8.99. The minimum absolute atomic E-state index is 0.237. The first kappa shape index (κ1) is 26.3. The highest BCUT2D eigenvalue weighted by atomic mass is 32.2. The number of esters is 4. The zero-order chi connectivity index (χ0) is 24.9. The maximum atomic E-state index is 12.9. The molecular formula is C20H26N2O10S. The molecule has 1 aromatic heterocycles. The van der Waals surface area contributed by atoms with Gasteiger partial charge in [0.1, 0.15) is 12.7 Å². The van der Waals surface area contributed by atoms with Crippen molar-refractivity contribution in [1.82, 2.24) is 9.55 Å². The first-order chi connectivity index (χ1) is 15.4. The topological polar surface area (TPSA) is 149 Å². The summed E-state index contributed by atoms with van der Waals surface area (Å²) in [6.07, 6.45) is -4.90. The normalized spacial score (nSPS) is 24.5. The lowest BCUT2D eigenvalue weighted by atomic mass is 9.97. The molecule has 12 nitrogen and oxygen atoms in total. The molecule has 0 saturated carbocycles. The lowest BCUT2D eigenvalue weighted by Crippen LogP contribution is -2.61. The van der Waals surface area contributed by atoms with Gasteiger partial charge in [-0.2, -0.15) is 0 Å². The summed E-state index contributed by atoms with van der Waals surface area (Å²) in [4.78, 5) is 64.3. The summed E-state index contributed by atoms with van der Waals surface area (Å²) in [5.74, 6) is -2.90. The summed E-state index contributed by atoms with van der Waals surface area (Å²) < 4.78 is 28.3. The summed E-state index contributed by atoms with van der Waals surface area (Å²) in [6, 6.07) is 1.26. The molecule has 0 spiro atoms. The molecule has 0 radical (unpaired) electrons. The van der Waals surface area contributed by atoms with Gasteiger partial charge in [-0.15, -0.1) is 0 Å². The molecule has 0 aromatic carbocycles. The van der Waals surface area contributed by atoms with Crippen LogP contribution in [0, 0.1) is 6.92 Å². The molecule has 2 rings (SSSR count). The van der Waals surface area contributed by atoms with Gasteiger partial charge in [0.2, 0.25) is 0 Å². The average molecular weight is 486 g/mol. The van der Waals surface area contributed by atoms with Gasteiger partial charge in [-0.1, -0.05) is 11.8 Å². The van der Waals surface area contributed by atoms with Gasteiger partial charge >= 0.3 is 23.9 Å². The number of hydrogen-bond donors (Lipinski definition) is 0. The molecule has 0 amide bonds. The Bertz CT molecular complexity index is 978. The van der Waals surface area contributed by atoms with Gasteiger partial charge in [0, 0.05) is 39.5 Å². The van der Waals surface area contributed by atoms with E-state index in [0.29, 0.717) is 5.69 Å². The number of ether oxygens (including phenoxy) is 5. The van der Waals surface area contributed by atoms with Crippen molar-refractivity contribution in [3.8, 4) is 0 Å². The molecule has 0 bridgehead atoms. The third-order valence-electron chi connectivity index (χ3n) is 4.45. The number of hydrogen-bond acceptors (Lipinski definition) is 12. The van der Waals surface area contributed by atoms with Crippen molar-refractivity contribution in [1.29, 1.82) is 0 Å². The Morgan fingerprint density at radius 3 is 2.03 bits per heavy atom. The number of nitrogens with zero attached hydrogens (tertiary/aromatic N) is 2. The van der Waals surface area contributed by atoms with Crippen LogP contribution in [0.1, 0.15) is 39.6 Å². The fraction of sp³-hybridized carbons (Fsp3) is 0.600. The molecule has 33 heavy (non-hydrogen) atoms. The number of rotatable bonds is 7. The molecule has 2 heterocycles. The second kappa shape index (κ2) is 11.3. The Hall–Kier alpha value is -2.93. The molecule has 1 aliphatic rings. The van der Waals surface area contributed by atoms with Gasteiger partial charge in [-0.3, -0.25) is 28.5 Å². The van der Waals surface area contributed by atoms with Gasteiger partial charge in [0.15, 0.2) is 29.7 Å². The van der Waals surface area contributed by atoms with Crippen LogP contribution in [0.4, 0.5) is 0 Å². The predicted octanol–water partition coefficient (Wildman–Crippen LogP) is 0.529. The molecule has 0 unspecified atom stereocenters. The Morgan fingerprint density at radius 2 is 1.52 bits per heavy atom. The van der Waals surface area contributed by atoms with E-state index in [-0.39, 0.29) is 5.16 Å². The Balaban J connectivity index is 2.69. The molecule has 1 saturated heterocycles. The van der Waals surface area contributed by atoms with Crippen molar-refractivity contribution >= 4 is 35.6 Å². The number of thioether (sulfide) groups is 1. The predicted molar refractivity (Wildman–Crippen MR) is 112 cm³/mol. The Labute approximate surface area is 193 Å². The average Bonchev–Trinajstić information content (AvgIpc) is 2.68. The molecule has 182 valence electrons. The number of aromatic nitrogens is 2. The van der Waals surface area contributed by atoms with Gasteiger partial charge in [-0.05, 0) is 13.2 Å². The van der Waals surface area contributed by atoms with Crippen LogP contribution in [0.3, 0.4) is 0 Å². The van der Waals surface area contributed by atoms with Gasteiger partial charge < -0.3 is 23.7 Å². The van der Waals surface area contributed by atoms with Crippen LogP contribution in [-0.2, 0) is 42.9 Å². The van der Waals surface area contributed by atoms with Gasteiger partial charge in [-0.25, -0.2) is 4.98 Å². The second-order valence-corrected chi connectivity index (χ2v) is 7.96. The van der Waals surface area contributed by atoms with Crippen molar-refractivity contribution in [2.75, 3.05) is 12.9 Å². The highest BCUT2D eigenvalue weighted by molar-refractivity contribution is 7.98. The van der Waals surface area contributed by atoms with Crippen LogP contribution in [0.2, 0.25) is 0 Å². The SMILES string of the molecule is CSc1nc(C)cc(=O)n1[C@@H]1O[C@H](COC(C)=O)[C@H](OC(C)=O)[C@H](OC(C)=O)[C@H]1OC(C)=O. The summed E-state index contributed by atoms with van der Waals surface area (Å²) in [7, 11) is 0. The smallest absolute Gasteiger partial charge is 0.303 e. The molecule has 1 fully saturated rings. The van der Waals surface area contributed by atoms with Crippen LogP contribution in [0.15, 0.2) is 16.0 Å². The van der Waals surface area contributed by atoms with Crippen molar-refractivity contribution in [3.05, 3.63) is 22.1 Å². The lowest BCUT2D eigenvalue weighted by molar-refractivity contribution is -0.270. The van der Waals surface area contributed by atoms with Crippen LogP contribution >= 0.6 is 11.8 Å². The van der Waals surface area contributed by atoms with E-state index < -0.39 is 66.7 Å². The third kappa shape index (κ3) is 6.78. The van der Waals surface area contributed by atoms with Gasteiger partial charge in [0.05, 0.1) is 0 Å². The zero-order valence-electron chi connectivity index (χ0n) is 19.1. The molecule has 5 atom stereocenters. The van der Waals surface area contributed by atoms with E-state index in [1.807, 2.05) is 0 Å². The number of carbonyl (C=O) groups excluding carboxylic acids is 4. The third-order valence-corrected chi connectivity index (χ3v) is 5.10. The minimum Gasteiger partial charge on any atom is -0.463 e. The fourth-order valence-electron chi connectivity index (χ4n) is 3.37. The molecule has 0 aliphatic carbocycles. The molecule has 1 aromatic rings. The molecule has 1 aliphatic heterocycles.